The van der Waals surface area contributed by atoms with Crippen molar-refractivity contribution in [1.82, 2.24) is 0 Å². The predicted octanol–water partition coefficient (Wildman–Crippen LogP) is 5.08. The lowest BCUT2D eigenvalue weighted by Crippen LogP contribution is -1.96. The summed E-state index contributed by atoms with van der Waals surface area (Å²) in [6, 6.07) is 15.5. The quantitative estimate of drug-likeness (QED) is 0.724. The molecule has 0 aliphatic heterocycles. The average Bonchev–Trinajstić information content (AvgIpc) is 2.41. The van der Waals surface area contributed by atoms with Gasteiger partial charge in [0.05, 0.1) is 5.02 Å². The van der Waals surface area contributed by atoms with Crippen LogP contribution in [0.3, 0.4) is 0 Å². The van der Waals surface area contributed by atoms with Crippen LogP contribution in [0.1, 0.15) is 23.7 Å². The molecule has 18 heavy (non-hydrogen) atoms. The fraction of sp³-hybridized carbons (Fsp3) is 0.133. The van der Waals surface area contributed by atoms with Crippen molar-refractivity contribution in [2.24, 2.45) is 0 Å². The Hall–Kier alpha value is -1.25. The van der Waals surface area contributed by atoms with Gasteiger partial charge >= 0.3 is 0 Å². The molecule has 0 amide bonds. The minimum Gasteiger partial charge on any atom is -0.294 e. The number of carbonyl (C=O) groups excluding carboxylic acids is 1. The molecule has 0 fully saturated rings. The van der Waals surface area contributed by atoms with Gasteiger partial charge in [0.25, 0.3) is 0 Å². The van der Waals surface area contributed by atoms with E-state index in [0.29, 0.717) is 17.0 Å². The van der Waals surface area contributed by atoms with Gasteiger partial charge in [0, 0.05) is 21.8 Å². The number of halogens is 1. The van der Waals surface area contributed by atoms with Crippen LogP contribution in [-0.4, -0.2) is 5.78 Å². The van der Waals surface area contributed by atoms with E-state index in [0.717, 1.165) is 9.79 Å². The van der Waals surface area contributed by atoms with Crippen LogP contribution >= 0.6 is 23.4 Å². The van der Waals surface area contributed by atoms with Gasteiger partial charge in [0.2, 0.25) is 0 Å². The summed E-state index contributed by atoms with van der Waals surface area (Å²) in [5.74, 6) is 0.119. The summed E-state index contributed by atoms with van der Waals surface area (Å²) >= 11 is 7.81. The zero-order valence-electron chi connectivity index (χ0n) is 10.0. The highest BCUT2D eigenvalue weighted by Gasteiger charge is 2.08. The zero-order valence-corrected chi connectivity index (χ0v) is 11.6. The van der Waals surface area contributed by atoms with Crippen LogP contribution in [0, 0.1) is 0 Å². The molecule has 0 saturated carbocycles. The van der Waals surface area contributed by atoms with E-state index in [1.165, 1.54) is 0 Å². The van der Waals surface area contributed by atoms with Crippen LogP contribution in [0.15, 0.2) is 58.3 Å². The molecular formula is C15H13ClOS. The Balaban J connectivity index is 2.23. The fourth-order valence-electron chi connectivity index (χ4n) is 1.58. The minimum atomic E-state index is 0.119. The molecule has 0 saturated heterocycles. The van der Waals surface area contributed by atoms with Crippen molar-refractivity contribution in [2.45, 2.75) is 23.1 Å². The predicted molar refractivity (Wildman–Crippen MR) is 76.6 cm³/mol. The van der Waals surface area contributed by atoms with Crippen molar-refractivity contribution in [3.8, 4) is 0 Å². The summed E-state index contributed by atoms with van der Waals surface area (Å²) in [5.41, 5.74) is 0.680. The monoisotopic (exact) mass is 276 g/mol. The van der Waals surface area contributed by atoms with E-state index in [1.807, 2.05) is 49.4 Å². The van der Waals surface area contributed by atoms with Crippen LogP contribution in [0.5, 0.6) is 0 Å². The summed E-state index contributed by atoms with van der Waals surface area (Å²) in [6.07, 6.45) is 0.501. The lowest BCUT2D eigenvalue weighted by molar-refractivity contribution is 0.0988. The number of Topliss-reactive ketones (excluding diaryl/α,β-unsaturated/α-hetero) is 1. The van der Waals surface area contributed by atoms with Crippen molar-refractivity contribution < 1.29 is 4.79 Å². The molecule has 2 aromatic rings. The summed E-state index contributed by atoms with van der Waals surface area (Å²) < 4.78 is 0. The number of benzene rings is 2. The molecule has 0 aliphatic carbocycles. The van der Waals surface area contributed by atoms with Crippen molar-refractivity contribution in [2.75, 3.05) is 0 Å². The average molecular weight is 277 g/mol. The number of ketones is 1. The molecule has 0 spiro atoms. The van der Waals surface area contributed by atoms with Crippen LogP contribution in [0.4, 0.5) is 0 Å². The van der Waals surface area contributed by atoms with E-state index in [4.69, 9.17) is 11.6 Å². The first-order valence-corrected chi connectivity index (χ1v) is 6.96. The Morgan fingerprint density at radius 2 is 1.89 bits per heavy atom. The third kappa shape index (κ3) is 3.15. The first-order valence-electron chi connectivity index (χ1n) is 5.76. The summed E-state index contributed by atoms with van der Waals surface area (Å²) in [5, 5.41) is 0.628. The molecule has 0 aromatic heterocycles. The van der Waals surface area contributed by atoms with Crippen molar-refractivity contribution in [3.63, 3.8) is 0 Å². The molecular weight excluding hydrogens is 264 g/mol. The van der Waals surface area contributed by atoms with Gasteiger partial charge in [-0.25, -0.2) is 0 Å². The van der Waals surface area contributed by atoms with E-state index in [1.54, 1.807) is 17.8 Å². The van der Waals surface area contributed by atoms with Crippen molar-refractivity contribution in [1.29, 1.82) is 0 Å². The van der Waals surface area contributed by atoms with Gasteiger partial charge in [-0.15, -0.1) is 0 Å². The Morgan fingerprint density at radius 3 is 2.50 bits per heavy atom. The summed E-state index contributed by atoms with van der Waals surface area (Å²) in [6.45, 7) is 1.85. The molecule has 3 heteroatoms. The zero-order chi connectivity index (χ0) is 13.0. The molecule has 2 aromatic carbocycles. The smallest absolute Gasteiger partial charge is 0.162 e. The fourth-order valence-corrected chi connectivity index (χ4v) is 2.71. The number of hydrogen-bond donors (Lipinski definition) is 0. The van der Waals surface area contributed by atoms with Crippen molar-refractivity contribution >= 4 is 29.1 Å². The van der Waals surface area contributed by atoms with Gasteiger partial charge in [-0.05, 0) is 24.3 Å². The second-order valence-corrected chi connectivity index (χ2v) is 5.36. The van der Waals surface area contributed by atoms with Gasteiger partial charge in [0.1, 0.15) is 0 Å². The maximum Gasteiger partial charge on any atom is 0.162 e. The second-order valence-electron chi connectivity index (χ2n) is 3.84. The van der Waals surface area contributed by atoms with Gasteiger partial charge in [-0.2, -0.15) is 0 Å². The Labute approximate surface area is 116 Å². The van der Waals surface area contributed by atoms with Crippen LogP contribution < -0.4 is 0 Å². The van der Waals surface area contributed by atoms with E-state index in [9.17, 15) is 4.79 Å². The lowest BCUT2D eigenvalue weighted by Gasteiger charge is -2.06. The molecule has 92 valence electrons. The van der Waals surface area contributed by atoms with Gasteiger partial charge in [0.15, 0.2) is 5.78 Å². The normalized spacial score (nSPS) is 10.3. The van der Waals surface area contributed by atoms with Crippen LogP contribution in [0.2, 0.25) is 5.02 Å². The molecule has 0 aliphatic rings. The van der Waals surface area contributed by atoms with E-state index in [2.05, 4.69) is 0 Å². The van der Waals surface area contributed by atoms with E-state index in [-0.39, 0.29) is 5.78 Å². The Morgan fingerprint density at radius 1 is 1.17 bits per heavy atom. The van der Waals surface area contributed by atoms with Gasteiger partial charge in [-0.1, -0.05) is 54.6 Å². The number of carbonyl (C=O) groups is 1. The highest BCUT2D eigenvalue weighted by atomic mass is 35.5. The highest BCUT2D eigenvalue weighted by Crippen LogP contribution is 2.33. The molecule has 2 rings (SSSR count). The molecule has 0 heterocycles. The highest BCUT2D eigenvalue weighted by molar-refractivity contribution is 7.99. The maximum atomic E-state index is 11.6. The number of hydrogen-bond acceptors (Lipinski definition) is 2. The van der Waals surface area contributed by atoms with Crippen molar-refractivity contribution in [3.05, 3.63) is 59.1 Å². The SMILES string of the molecule is CCC(=O)c1ccc(Sc2ccccc2)c(Cl)c1. The summed E-state index contributed by atoms with van der Waals surface area (Å²) in [7, 11) is 0. The molecule has 0 N–H and O–H groups in total. The van der Waals surface area contributed by atoms with Crippen LogP contribution in [-0.2, 0) is 0 Å². The third-order valence-electron chi connectivity index (χ3n) is 2.55. The molecule has 1 nitrogen and oxygen atoms in total. The molecule has 0 unspecified atom stereocenters. The first-order chi connectivity index (χ1) is 8.70. The Bertz CT molecular complexity index is 552. The third-order valence-corrected chi connectivity index (χ3v) is 4.05. The standard InChI is InChI=1S/C15H13ClOS/c1-2-14(17)11-8-9-15(13(16)10-11)18-12-6-4-3-5-7-12/h3-10H,2H2,1H3. The van der Waals surface area contributed by atoms with Gasteiger partial charge in [-0.3, -0.25) is 4.79 Å². The van der Waals surface area contributed by atoms with Gasteiger partial charge < -0.3 is 0 Å². The van der Waals surface area contributed by atoms with Crippen LogP contribution in [0.25, 0.3) is 0 Å². The molecule has 0 radical (unpaired) electrons. The topological polar surface area (TPSA) is 17.1 Å². The maximum absolute atomic E-state index is 11.6. The number of rotatable bonds is 4. The lowest BCUT2D eigenvalue weighted by atomic mass is 10.1. The minimum absolute atomic E-state index is 0.119. The molecule has 0 atom stereocenters. The van der Waals surface area contributed by atoms with E-state index < -0.39 is 0 Å². The largest absolute Gasteiger partial charge is 0.294 e. The molecule has 0 bridgehead atoms. The van der Waals surface area contributed by atoms with E-state index >= 15 is 0 Å². The second kappa shape index (κ2) is 6.07. The Kier molecular flexibility index (Phi) is 4.45. The first kappa shape index (κ1) is 13.2. The summed E-state index contributed by atoms with van der Waals surface area (Å²) in [4.78, 5) is 13.7.